The Morgan fingerprint density at radius 3 is 2.37 bits per heavy atom. The maximum Gasteiger partial charge on any atom is 0.248 e. The van der Waals surface area contributed by atoms with Gasteiger partial charge in [0.2, 0.25) is 11.9 Å². The Labute approximate surface area is 204 Å². The number of hydrogen-bond acceptors (Lipinski definition) is 7. The van der Waals surface area contributed by atoms with Crippen molar-refractivity contribution in [2.24, 2.45) is 0 Å². The summed E-state index contributed by atoms with van der Waals surface area (Å²) in [6, 6.07) is 5.90. The number of pyridine rings is 2. The van der Waals surface area contributed by atoms with E-state index in [4.69, 9.17) is 0 Å². The highest BCUT2D eigenvalue weighted by atomic mass is 19.3. The molecule has 0 atom stereocenters. The van der Waals surface area contributed by atoms with Gasteiger partial charge in [-0.3, -0.25) is 4.90 Å². The third-order valence-electron chi connectivity index (χ3n) is 7.02. The Kier molecular flexibility index (Phi) is 6.25. The first-order valence-electron chi connectivity index (χ1n) is 12.4. The molecule has 0 aromatic carbocycles. The van der Waals surface area contributed by atoms with Gasteiger partial charge in [0, 0.05) is 56.7 Å². The average molecular weight is 485 g/mol. The van der Waals surface area contributed by atoms with Crippen LogP contribution < -0.4 is 15.5 Å². The van der Waals surface area contributed by atoms with E-state index >= 15 is 0 Å². The number of aromatic amines is 1. The fourth-order valence-electron chi connectivity index (χ4n) is 4.85. The number of fused-ring (bicyclic) bond motifs is 1. The second kappa shape index (κ2) is 9.22. The van der Waals surface area contributed by atoms with E-state index in [1.165, 1.54) is 0 Å². The van der Waals surface area contributed by atoms with Gasteiger partial charge in [0.05, 0.1) is 29.1 Å². The van der Waals surface area contributed by atoms with Gasteiger partial charge in [0.15, 0.2) is 0 Å². The third kappa shape index (κ3) is 5.63. The largest absolute Gasteiger partial charge is 0.368 e. The molecule has 0 unspecified atom stereocenters. The van der Waals surface area contributed by atoms with Crippen LogP contribution in [0.15, 0.2) is 30.6 Å². The molecule has 1 saturated heterocycles. The second-order valence-electron chi connectivity index (χ2n) is 10.6. The van der Waals surface area contributed by atoms with Crippen LogP contribution in [0.25, 0.3) is 11.0 Å². The molecule has 3 aromatic heterocycles. The molecule has 5 rings (SSSR count). The minimum atomic E-state index is -2.54. The normalized spacial score (nSPS) is 19.7. The Morgan fingerprint density at radius 2 is 1.71 bits per heavy atom. The Hall–Kier alpha value is -3.01. The van der Waals surface area contributed by atoms with E-state index < -0.39 is 5.92 Å². The van der Waals surface area contributed by atoms with Crippen LogP contribution in [-0.2, 0) is 0 Å². The summed E-state index contributed by atoms with van der Waals surface area (Å²) in [4.78, 5) is 21.7. The first-order valence-corrected chi connectivity index (χ1v) is 12.4. The molecule has 2 fully saturated rings. The van der Waals surface area contributed by atoms with E-state index in [9.17, 15) is 8.78 Å². The van der Waals surface area contributed by atoms with E-state index in [1.807, 2.05) is 18.3 Å². The number of rotatable bonds is 5. The number of alkyl halides is 2. The summed E-state index contributed by atoms with van der Waals surface area (Å²) in [6.45, 7) is 10.8. The molecule has 2 aliphatic rings. The standard InChI is InChI=1S/C25H34F2N8/c1-24(2,3)35-12-10-34(11-13-35)18-4-5-21(28-15-18)33-23-31-19-14-22(29-16-20(19)32-23)30-17-6-8-25(26,27)9-7-17/h4-5,14-17H,6-13H2,1-3H3,(H,29,30)(H2,28,31,32,33). The van der Waals surface area contributed by atoms with Crippen LogP contribution in [0.5, 0.6) is 0 Å². The molecule has 0 radical (unpaired) electrons. The fraction of sp³-hybridized carbons (Fsp3) is 0.560. The summed E-state index contributed by atoms with van der Waals surface area (Å²) in [5.74, 6) is -0.600. The van der Waals surface area contributed by atoms with Gasteiger partial charge < -0.3 is 20.5 Å². The van der Waals surface area contributed by atoms with Crippen molar-refractivity contribution in [1.82, 2.24) is 24.8 Å². The molecule has 1 aliphatic carbocycles. The maximum absolute atomic E-state index is 13.4. The lowest BCUT2D eigenvalue weighted by Crippen LogP contribution is -2.53. The molecule has 3 aromatic rings. The van der Waals surface area contributed by atoms with Gasteiger partial charge in [-0.1, -0.05) is 0 Å². The quantitative estimate of drug-likeness (QED) is 0.470. The molecule has 8 nitrogen and oxygen atoms in total. The molecule has 3 N–H and O–H groups in total. The lowest BCUT2D eigenvalue weighted by molar-refractivity contribution is -0.0361. The summed E-state index contributed by atoms with van der Waals surface area (Å²) >= 11 is 0. The SMILES string of the molecule is CC(C)(C)N1CCN(c2ccc(Nc3nc4cc(NC5CCC(F)(F)CC5)ncc4[nH]3)nc2)CC1. The zero-order chi connectivity index (χ0) is 24.6. The van der Waals surface area contributed by atoms with Crippen molar-refractivity contribution < 1.29 is 8.78 Å². The Bertz CT molecular complexity index is 1140. The summed E-state index contributed by atoms with van der Waals surface area (Å²) in [5.41, 5.74) is 2.86. The van der Waals surface area contributed by atoms with Crippen molar-refractivity contribution in [3.05, 3.63) is 30.6 Å². The van der Waals surface area contributed by atoms with Crippen LogP contribution >= 0.6 is 0 Å². The zero-order valence-corrected chi connectivity index (χ0v) is 20.6. The van der Waals surface area contributed by atoms with E-state index in [0.29, 0.717) is 30.4 Å². The smallest absolute Gasteiger partial charge is 0.248 e. The van der Waals surface area contributed by atoms with Crippen LogP contribution in [0.1, 0.15) is 46.5 Å². The number of nitrogens with one attached hydrogen (secondary N) is 3. The van der Waals surface area contributed by atoms with Crippen LogP contribution in [0.3, 0.4) is 0 Å². The summed E-state index contributed by atoms with van der Waals surface area (Å²) in [7, 11) is 0. The Balaban J connectivity index is 1.19. The van der Waals surface area contributed by atoms with Crippen LogP contribution in [0.2, 0.25) is 0 Å². The molecule has 0 spiro atoms. The zero-order valence-electron chi connectivity index (χ0n) is 20.6. The van der Waals surface area contributed by atoms with E-state index in [2.05, 4.69) is 67.2 Å². The van der Waals surface area contributed by atoms with Crippen molar-refractivity contribution >= 4 is 34.3 Å². The van der Waals surface area contributed by atoms with Gasteiger partial charge in [-0.15, -0.1) is 0 Å². The minimum absolute atomic E-state index is 0.00951. The van der Waals surface area contributed by atoms with Gasteiger partial charge in [-0.2, -0.15) is 0 Å². The molecule has 0 bridgehead atoms. The van der Waals surface area contributed by atoms with E-state index in [-0.39, 0.29) is 24.4 Å². The number of H-pyrrole nitrogens is 1. The predicted molar refractivity (Wildman–Crippen MR) is 136 cm³/mol. The van der Waals surface area contributed by atoms with Gasteiger partial charge >= 0.3 is 0 Å². The monoisotopic (exact) mass is 484 g/mol. The third-order valence-corrected chi connectivity index (χ3v) is 7.02. The van der Waals surface area contributed by atoms with Crippen molar-refractivity contribution in [2.75, 3.05) is 41.7 Å². The van der Waals surface area contributed by atoms with Crippen LogP contribution in [0, 0.1) is 0 Å². The molecule has 1 aliphatic heterocycles. The average Bonchev–Trinajstić information content (AvgIpc) is 3.22. The molecule has 188 valence electrons. The highest BCUT2D eigenvalue weighted by Crippen LogP contribution is 2.34. The second-order valence-corrected chi connectivity index (χ2v) is 10.6. The number of piperazine rings is 1. The predicted octanol–water partition coefficient (Wildman–Crippen LogP) is 5.01. The molecular weight excluding hydrogens is 450 g/mol. The Morgan fingerprint density at radius 1 is 1.00 bits per heavy atom. The highest BCUT2D eigenvalue weighted by Gasteiger charge is 2.35. The molecule has 0 amide bonds. The van der Waals surface area contributed by atoms with Crippen molar-refractivity contribution in [3.8, 4) is 0 Å². The number of anilines is 4. The molecule has 4 heterocycles. The summed E-state index contributed by atoms with van der Waals surface area (Å²) in [5, 5.41) is 6.50. The van der Waals surface area contributed by atoms with Gasteiger partial charge in [-0.05, 0) is 45.7 Å². The summed E-state index contributed by atoms with van der Waals surface area (Å²) in [6.07, 6.45) is 4.32. The number of aromatic nitrogens is 4. The number of halogens is 2. The number of hydrogen-bond donors (Lipinski definition) is 3. The van der Waals surface area contributed by atoms with E-state index in [0.717, 1.165) is 42.9 Å². The molecular formula is C25H34F2N8. The highest BCUT2D eigenvalue weighted by molar-refractivity contribution is 5.79. The molecule has 10 heteroatoms. The topological polar surface area (TPSA) is 85.0 Å². The van der Waals surface area contributed by atoms with E-state index in [1.54, 1.807) is 6.20 Å². The first-order chi connectivity index (χ1) is 16.6. The minimum Gasteiger partial charge on any atom is -0.368 e. The number of nitrogens with zero attached hydrogens (tertiary/aromatic N) is 5. The van der Waals surface area contributed by atoms with Crippen molar-refractivity contribution in [1.29, 1.82) is 0 Å². The van der Waals surface area contributed by atoms with Crippen molar-refractivity contribution in [2.45, 2.75) is 64.0 Å². The fourth-order valence-corrected chi connectivity index (χ4v) is 4.85. The number of imidazole rings is 1. The lowest BCUT2D eigenvalue weighted by atomic mass is 9.92. The van der Waals surface area contributed by atoms with Gasteiger partial charge in [0.25, 0.3) is 0 Å². The van der Waals surface area contributed by atoms with Crippen LogP contribution in [0.4, 0.5) is 32.1 Å². The van der Waals surface area contributed by atoms with Crippen LogP contribution in [-0.4, -0.2) is 68.5 Å². The lowest BCUT2D eigenvalue weighted by Gasteiger charge is -2.42. The molecule has 1 saturated carbocycles. The summed E-state index contributed by atoms with van der Waals surface area (Å²) < 4.78 is 26.8. The van der Waals surface area contributed by atoms with Gasteiger partial charge in [0.1, 0.15) is 11.6 Å². The molecule has 35 heavy (non-hydrogen) atoms. The van der Waals surface area contributed by atoms with Gasteiger partial charge in [-0.25, -0.2) is 23.7 Å². The maximum atomic E-state index is 13.4. The van der Waals surface area contributed by atoms with Crippen molar-refractivity contribution in [3.63, 3.8) is 0 Å². The first kappa shape index (κ1) is 23.7.